The summed E-state index contributed by atoms with van der Waals surface area (Å²) in [7, 11) is 0. The summed E-state index contributed by atoms with van der Waals surface area (Å²) in [5.41, 5.74) is 2.09. The summed E-state index contributed by atoms with van der Waals surface area (Å²) in [4.78, 5) is 27.5. The van der Waals surface area contributed by atoms with Gasteiger partial charge in [-0.25, -0.2) is 0 Å². The smallest absolute Gasteiger partial charge is 0.261 e. The first-order valence-corrected chi connectivity index (χ1v) is 11.3. The quantitative estimate of drug-likeness (QED) is 0.609. The third kappa shape index (κ3) is 6.33. The van der Waals surface area contributed by atoms with Gasteiger partial charge in [-0.2, -0.15) is 0 Å². The highest BCUT2D eigenvalue weighted by atomic mass is 79.9. The maximum Gasteiger partial charge on any atom is 0.261 e. The Morgan fingerprint density at radius 3 is 2.37 bits per heavy atom. The molecule has 0 heterocycles. The van der Waals surface area contributed by atoms with Crippen molar-refractivity contribution in [3.63, 3.8) is 0 Å². The summed E-state index contributed by atoms with van der Waals surface area (Å²) in [6, 6.07) is 15.0. The summed E-state index contributed by atoms with van der Waals surface area (Å²) in [6.45, 7) is 4.02. The number of nitrogens with one attached hydrogen (secondary N) is 1. The van der Waals surface area contributed by atoms with Crippen LogP contribution in [-0.2, 0) is 16.1 Å². The monoisotopic (exact) mass is 472 g/mol. The third-order valence-electron chi connectivity index (χ3n) is 5.52. The second kappa shape index (κ2) is 10.6. The van der Waals surface area contributed by atoms with Gasteiger partial charge in [-0.05, 0) is 56.5 Å². The predicted molar refractivity (Wildman–Crippen MR) is 121 cm³/mol. The molecule has 160 valence electrons. The molecule has 2 aromatic carbocycles. The summed E-state index contributed by atoms with van der Waals surface area (Å²) in [5.74, 6) is 0.316. The maximum atomic E-state index is 13.0. The highest BCUT2D eigenvalue weighted by molar-refractivity contribution is 9.10. The molecule has 2 aromatic rings. The van der Waals surface area contributed by atoms with Crippen LogP contribution >= 0.6 is 15.9 Å². The summed E-state index contributed by atoms with van der Waals surface area (Å²) in [6.07, 6.45) is 4.31. The molecular weight excluding hydrogens is 444 g/mol. The topological polar surface area (TPSA) is 58.6 Å². The van der Waals surface area contributed by atoms with E-state index < -0.39 is 6.04 Å². The van der Waals surface area contributed by atoms with Crippen molar-refractivity contribution in [2.24, 2.45) is 0 Å². The van der Waals surface area contributed by atoms with Crippen molar-refractivity contribution in [1.82, 2.24) is 10.2 Å². The zero-order chi connectivity index (χ0) is 21.5. The van der Waals surface area contributed by atoms with E-state index in [1.807, 2.05) is 55.5 Å². The fraction of sp³-hybridized carbons (Fsp3) is 0.417. The number of carbonyl (C=O) groups is 2. The lowest BCUT2D eigenvalue weighted by Gasteiger charge is -2.29. The van der Waals surface area contributed by atoms with Gasteiger partial charge in [0.05, 0.1) is 0 Å². The highest BCUT2D eigenvalue weighted by Crippen LogP contribution is 2.19. The van der Waals surface area contributed by atoms with Gasteiger partial charge in [0.15, 0.2) is 6.61 Å². The number of hydrogen-bond acceptors (Lipinski definition) is 3. The van der Waals surface area contributed by atoms with Crippen LogP contribution < -0.4 is 10.1 Å². The lowest BCUT2D eigenvalue weighted by atomic mass is 10.1. The molecule has 3 rings (SSSR count). The molecule has 0 radical (unpaired) electrons. The molecule has 30 heavy (non-hydrogen) atoms. The molecular formula is C24H29BrN2O3. The fourth-order valence-electron chi connectivity index (χ4n) is 3.62. The number of amides is 2. The highest BCUT2D eigenvalue weighted by Gasteiger charge is 2.28. The van der Waals surface area contributed by atoms with Crippen LogP contribution in [0.4, 0.5) is 0 Å². The second-order valence-electron chi connectivity index (χ2n) is 7.92. The van der Waals surface area contributed by atoms with E-state index in [0.717, 1.165) is 41.3 Å². The summed E-state index contributed by atoms with van der Waals surface area (Å²) < 4.78 is 6.66. The fourth-order valence-corrected chi connectivity index (χ4v) is 3.89. The molecule has 0 aliphatic heterocycles. The van der Waals surface area contributed by atoms with Crippen molar-refractivity contribution in [1.29, 1.82) is 0 Å². The Hall–Kier alpha value is -2.34. The molecule has 1 aliphatic carbocycles. The first-order chi connectivity index (χ1) is 14.4. The van der Waals surface area contributed by atoms with Crippen LogP contribution in [0.1, 0.15) is 43.7 Å². The molecule has 1 atom stereocenters. The van der Waals surface area contributed by atoms with E-state index in [1.54, 1.807) is 11.8 Å². The average Bonchev–Trinajstić information content (AvgIpc) is 3.25. The average molecular weight is 473 g/mol. The van der Waals surface area contributed by atoms with E-state index in [9.17, 15) is 9.59 Å². The second-order valence-corrected chi connectivity index (χ2v) is 8.83. The lowest BCUT2D eigenvalue weighted by molar-refractivity contribution is -0.142. The first kappa shape index (κ1) is 22.3. The third-order valence-corrected chi connectivity index (χ3v) is 6.05. The van der Waals surface area contributed by atoms with E-state index in [4.69, 9.17) is 4.74 Å². The summed E-state index contributed by atoms with van der Waals surface area (Å²) in [5, 5.41) is 3.11. The normalized spacial score (nSPS) is 14.9. The predicted octanol–water partition coefficient (Wildman–Crippen LogP) is 4.61. The number of hydrogen-bond donors (Lipinski definition) is 1. The first-order valence-electron chi connectivity index (χ1n) is 10.5. The molecule has 1 N–H and O–H groups in total. The van der Waals surface area contributed by atoms with Crippen molar-refractivity contribution in [3.05, 3.63) is 64.1 Å². The van der Waals surface area contributed by atoms with E-state index in [0.29, 0.717) is 12.3 Å². The Labute approximate surface area is 186 Å². The van der Waals surface area contributed by atoms with Crippen LogP contribution in [-0.4, -0.2) is 35.4 Å². The van der Waals surface area contributed by atoms with Crippen LogP contribution in [0.5, 0.6) is 5.75 Å². The number of ether oxygens (including phenoxy) is 1. The van der Waals surface area contributed by atoms with Gasteiger partial charge in [0, 0.05) is 17.1 Å². The molecule has 5 nitrogen and oxygen atoms in total. The van der Waals surface area contributed by atoms with Crippen LogP contribution in [0.2, 0.25) is 0 Å². The van der Waals surface area contributed by atoms with E-state index in [1.165, 1.54) is 0 Å². The van der Waals surface area contributed by atoms with Crippen molar-refractivity contribution in [2.75, 3.05) is 6.61 Å². The van der Waals surface area contributed by atoms with Gasteiger partial charge >= 0.3 is 0 Å². The maximum absolute atomic E-state index is 13.0. The van der Waals surface area contributed by atoms with Gasteiger partial charge in [0.1, 0.15) is 11.8 Å². The Morgan fingerprint density at radius 2 is 1.73 bits per heavy atom. The van der Waals surface area contributed by atoms with Gasteiger partial charge in [-0.1, -0.05) is 58.6 Å². The standard InChI is InChI=1S/C24H29BrN2O3/c1-17-7-13-22(14-8-17)30-16-23(28)27(15-19-9-11-20(25)12-10-19)18(2)24(29)26-21-5-3-4-6-21/h7-14,18,21H,3-6,15-16H2,1-2H3,(H,26,29)/t18-/m1/s1. The molecule has 1 saturated carbocycles. The van der Waals surface area contributed by atoms with Gasteiger partial charge in [-0.3, -0.25) is 9.59 Å². The number of aryl methyl sites for hydroxylation is 1. The minimum atomic E-state index is -0.580. The van der Waals surface area contributed by atoms with Gasteiger partial charge in [-0.15, -0.1) is 0 Å². The van der Waals surface area contributed by atoms with Crippen molar-refractivity contribution < 1.29 is 14.3 Å². The number of nitrogens with zero attached hydrogens (tertiary/aromatic N) is 1. The molecule has 2 amide bonds. The van der Waals surface area contributed by atoms with Crippen molar-refractivity contribution in [3.8, 4) is 5.75 Å². The van der Waals surface area contributed by atoms with Crippen LogP contribution in [0.3, 0.4) is 0 Å². The minimum Gasteiger partial charge on any atom is -0.484 e. The Balaban J connectivity index is 1.69. The van der Waals surface area contributed by atoms with Crippen LogP contribution in [0.15, 0.2) is 53.0 Å². The molecule has 0 saturated heterocycles. The Bertz CT molecular complexity index is 846. The molecule has 0 spiro atoms. The number of halogens is 1. The van der Waals surface area contributed by atoms with Gasteiger partial charge in [0.2, 0.25) is 5.91 Å². The Morgan fingerprint density at radius 1 is 1.10 bits per heavy atom. The molecule has 1 aliphatic rings. The van der Waals surface area contributed by atoms with Crippen LogP contribution in [0.25, 0.3) is 0 Å². The van der Waals surface area contributed by atoms with Gasteiger partial charge < -0.3 is 15.0 Å². The summed E-state index contributed by atoms with van der Waals surface area (Å²) >= 11 is 3.43. The van der Waals surface area contributed by atoms with Crippen molar-refractivity contribution in [2.45, 2.75) is 58.2 Å². The molecule has 0 bridgehead atoms. The zero-order valence-electron chi connectivity index (χ0n) is 17.6. The molecule has 0 unspecified atom stereocenters. The lowest BCUT2D eigenvalue weighted by Crippen LogP contribution is -2.50. The van der Waals surface area contributed by atoms with E-state index in [2.05, 4.69) is 21.2 Å². The molecule has 6 heteroatoms. The van der Waals surface area contributed by atoms with Gasteiger partial charge in [0.25, 0.3) is 5.91 Å². The zero-order valence-corrected chi connectivity index (χ0v) is 19.2. The Kier molecular flexibility index (Phi) is 7.91. The SMILES string of the molecule is Cc1ccc(OCC(=O)N(Cc2ccc(Br)cc2)[C@H](C)C(=O)NC2CCCC2)cc1. The number of carbonyl (C=O) groups excluding carboxylic acids is 2. The molecule has 0 aromatic heterocycles. The number of rotatable bonds is 8. The molecule has 1 fully saturated rings. The minimum absolute atomic E-state index is 0.109. The van der Waals surface area contributed by atoms with Crippen molar-refractivity contribution >= 4 is 27.7 Å². The van der Waals surface area contributed by atoms with Crippen LogP contribution in [0, 0.1) is 6.92 Å². The van der Waals surface area contributed by atoms with E-state index in [-0.39, 0.29) is 24.5 Å². The van der Waals surface area contributed by atoms with E-state index >= 15 is 0 Å². The largest absolute Gasteiger partial charge is 0.484 e. The number of benzene rings is 2.